The van der Waals surface area contributed by atoms with Crippen LogP contribution in [-0.4, -0.2) is 16.7 Å². The molecular weight excluding hydrogens is 334 g/mol. The maximum atomic E-state index is 6.01. The number of hydrogen-bond donors (Lipinski definition) is 2. The summed E-state index contributed by atoms with van der Waals surface area (Å²) in [6.45, 7) is 0. The third-order valence-corrected chi connectivity index (χ3v) is 5.06. The SMILES string of the molecule is NC(N)=N/N=C/C1CCCCC1Cc1cccn1-c1ccc(Cl)cc1. The standard InChI is InChI=1S/C19H24ClN5/c20-16-7-9-17(10-8-16)25-11-3-6-18(25)12-14-4-1-2-5-15(14)13-23-24-19(21)22/h3,6-11,13-15H,1-2,4-5,12H2,(H4,21,22,24)/b23-13+. The first kappa shape index (κ1) is 17.5. The molecule has 5 nitrogen and oxygen atoms in total. The first-order valence-electron chi connectivity index (χ1n) is 8.68. The Hall–Kier alpha value is -2.27. The van der Waals surface area contributed by atoms with Gasteiger partial charge in [0.25, 0.3) is 0 Å². The Kier molecular flexibility index (Phi) is 5.76. The summed E-state index contributed by atoms with van der Waals surface area (Å²) in [6.07, 6.45) is 9.85. The number of rotatable bonds is 5. The minimum atomic E-state index is 0.000208. The van der Waals surface area contributed by atoms with Gasteiger partial charge in [0.1, 0.15) is 0 Å². The van der Waals surface area contributed by atoms with Crippen molar-refractivity contribution in [2.24, 2.45) is 33.5 Å². The molecule has 0 bridgehead atoms. The van der Waals surface area contributed by atoms with E-state index in [1.807, 2.05) is 30.5 Å². The van der Waals surface area contributed by atoms with Crippen molar-refractivity contribution in [2.45, 2.75) is 32.1 Å². The topological polar surface area (TPSA) is 81.7 Å². The van der Waals surface area contributed by atoms with Crippen molar-refractivity contribution in [1.82, 2.24) is 4.57 Å². The van der Waals surface area contributed by atoms with E-state index in [9.17, 15) is 0 Å². The maximum absolute atomic E-state index is 6.01. The third-order valence-electron chi connectivity index (χ3n) is 4.81. The quantitative estimate of drug-likeness (QED) is 0.485. The van der Waals surface area contributed by atoms with Crippen molar-refractivity contribution in [3.63, 3.8) is 0 Å². The molecule has 0 spiro atoms. The highest BCUT2D eigenvalue weighted by Crippen LogP contribution is 2.32. The molecule has 2 aromatic rings. The van der Waals surface area contributed by atoms with E-state index in [1.165, 1.54) is 25.0 Å². The van der Waals surface area contributed by atoms with E-state index in [2.05, 4.69) is 33.1 Å². The van der Waals surface area contributed by atoms with Crippen molar-refractivity contribution >= 4 is 23.8 Å². The van der Waals surface area contributed by atoms with Gasteiger partial charge in [-0.15, -0.1) is 5.10 Å². The van der Waals surface area contributed by atoms with E-state index in [1.54, 1.807) is 0 Å². The zero-order chi connectivity index (χ0) is 17.6. The lowest BCUT2D eigenvalue weighted by Crippen LogP contribution is -2.24. The van der Waals surface area contributed by atoms with Gasteiger partial charge in [0.2, 0.25) is 5.96 Å². The molecule has 132 valence electrons. The highest BCUT2D eigenvalue weighted by molar-refractivity contribution is 6.30. The normalized spacial score (nSPS) is 20.7. The largest absolute Gasteiger partial charge is 0.369 e. The number of nitrogens with two attached hydrogens (primary N) is 2. The van der Waals surface area contributed by atoms with Crippen LogP contribution in [0.1, 0.15) is 31.4 Å². The summed E-state index contributed by atoms with van der Waals surface area (Å²) >= 11 is 6.01. The zero-order valence-corrected chi connectivity index (χ0v) is 14.9. The lowest BCUT2D eigenvalue weighted by atomic mass is 9.77. The van der Waals surface area contributed by atoms with Crippen LogP contribution < -0.4 is 11.5 Å². The summed E-state index contributed by atoms with van der Waals surface area (Å²) < 4.78 is 2.23. The molecule has 2 atom stereocenters. The second-order valence-electron chi connectivity index (χ2n) is 6.55. The van der Waals surface area contributed by atoms with E-state index in [0.717, 1.165) is 23.6 Å². The smallest absolute Gasteiger partial charge is 0.211 e. The second kappa shape index (κ2) is 8.21. The molecule has 4 N–H and O–H groups in total. The van der Waals surface area contributed by atoms with Crippen molar-refractivity contribution in [3.8, 4) is 5.69 Å². The molecular formula is C19H24ClN5. The van der Waals surface area contributed by atoms with E-state index in [0.29, 0.717) is 11.8 Å². The lowest BCUT2D eigenvalue weighted by molar-refractivity contribution is 0.300. The van der Waals surface area contributed by atoms with E-state index in [-0.39, 0.29) is 5.96 Å². The zero-order valence-electron chi connectivity index (χ0n) is 14.2. The molecule has 1 aromatic carbocycles. The highest BCUT2D eigenvalue weighted by Gasteiger charge is 2.25. The number of aromatic nitrogens is 1. The molecule has 1 heterocycles. The molecule has 1 aliphatic carbocycles. The summed E-state index contributed by atoms with van der Waals surface area (Å²) in [4.78, 5) is 0. The molecule has 25 heavy (non-hydrogen) atoms. The van der Waals surface area contributed by atoms with Crippen LogP contribution in [0.3, 0.4) is 0 Å². The fourth-order valence-electron chi connectivity index (χ4n) is 3.58. The molecule has 0 aliphatic heterocycles. The maximum Gasteiger partial charge on any atom is 0.211 e. The summed E-state index contributed by atoms with van der Waals surface area (Å²) in [5.74, 6) is 0.957. The molecule has 0 amide bonds. The predicted molar refractivity (Wildman–Crippen MR) is 104 cm³/mol. The van der Waals surface area contributed by atoms with Gasteiger partial charge in [-0.25, -0.2) is 0 Å². The van der Waals surface area contributed by atoms with Gasteiger partial charge in [0.15, 0.2) is 0 Å². The molecule has 1 saturated carbocycles. The van der Waals surface area contributed by atoms with Gasteiger partial charge < -0.3 is 16.0 Å². The average molecular weight is 358 g/mol. The summed E-state index contributed by atoms with van der Waals surface area (Å²) in [5, 5.41) is 8.55. The monoisotopic (exact) mass is 357 g/mol. The molecule has 0 radical (unpaired) electrons. The Morgan fingerprint density at radius 1 is 1.16 bits per heavy atom. The van der Waals surface area contributed by atoms with Crippen molar-refractivity contribution < 1.29 is 0 Å². The fourth-order valence-corrected chi connectivity index (χ4v) is 3.70. The van der Waals surface area contributed by atoms with Crippen LogP contribution in [0, 0.1) is 11.8 Å². The van der Waals surface area contributed by atoms with E-state index >= 15 is 0 Å². The van der Waals surface area contributed by atoms with Gasteiger partial charge >= 0.3 is 0 Å². The number of halogens is 1. The van der Waals surface area contributed by atoms with Crippen LogP contribution in [0.5, 0.6) is 0 Å². The van der Waals surface area contributed by atoms with E-state index in [4.69, 9.17) is 23.1 Å². The Bertz CT molecular complexity index is 743. The number of guanidine groups is 1. The Labute approximate surface area is 153 Å². The molecule has 3 rings (SSSR count). The average Bonchev–Trinajstić information content (AvgIpc) is 3.05. The summed E-state index contributed by atoms with van der Waals surface area (Å²) in [6, 6.07) is 12.2. The van der Waals surface area contributed by atoms with Gasteiger partial charge in [-0.3, -0.25) is 0 Å². The first-order valence-corrected chi connectivity index (χ1v) is 9.05. The van der Waals surface area contributed by atoms with Crippen LogP contribution in [0.4, 0.5) is 0 Å². The second-order valence-corrected chi connectivity index (χ2v) is 6.98. The summed E-state index contributed by atoms with van der Waals surface area (Å²) in [7, 11) is 0. The van der Waals surface area contributed by atoms with Crippen LogP contribution >= 0.6 is 11.6 Å². The number of benzene rings is 1. The molecule has 1 aromatic heterocycles. The van der Waals surface area contributed by atoms with Gasteiger partial charge in [0.05, 0.1) is 0 Å². The number of hydrogen-bond acceptors (Lipinski definition) is 2. The Morgan fingerprint density at radius 3 is 2.68 bits per heavy atom. The van der Waals surface area contributed by atoms with Gasteiger partial charge in [-0.05, 0) is 67.5 Å². The fraction of sp³-hybridized carbons (Fsp3) is 0.368. The minimum absolute atomic E-state index is 0.000208. The van der Waals surface area contributed by atoms with E-state index < -0.39 is 0 Å². The van der Waals surface area contributed by atoms with Gasteiger partial charge in [-0.1, -0.05) is 24.4 Å². The predicted octanol–water partition coefficient (Wildman–Crippen LogP) is 3.74. The minimum Gasteiger partial charge on any atom is -0.369 e. The molecule has 6 heteroatoms. The molecule has 1 fully saturated rings. The summed E-state index contributed by atoms with van der Waals surface area (Å²) in [5.41, 5.74) is 13.1. The van der Waals surface area contributed by atoms with Gasteiger partial charge in [0, 0.05) is 28.8 Å². The van der Waals surface area contributed by atoms with Crippen LogP contribution in [0.15, 0.2) is 52.8 Å². The molecule has 0 saturated heterocycles. The van der Waals surface area contributed by atoms with Crippen LogP contribution in [0.25, 0.3) is 5.69 Å². The third kappa shape index (κ3) is 4.63. The van der Waals surface area contributed by atoms with Crippen molar-refractivity contribution in [3.05, 3.63) is 53.3 Å². The van der Waals surface area contributed by atoms with Crippen molar-refractivity contribution in [1.29, 1.82) is 0 Å². The molecule has 1 aliphatic rings. The Balaban J connectivity index is 1.76. The van der Waals surface area contributed by atoms with Crippen molar-refractivity contribution in [2.75, 3.05) is 0 Å². The molecule has 2 unspecified atom stereocenters. The first-order chi connectivity index (χ1) is 12.1. The lowest BCUT2D eigenvalue weighted by Gasteiger charge is -2.29. The highest BCUT2D eigenvalue weighted by atomic mass is 35.5. The van der Waals surface area contributed by atoms with Crippen LogP contribution in [-0.2, 0) is 6.42 Å². The Morgan fingerprint density at radius 2 is 1.92 bits per heavy atom. The van der Waals surface area contributed by atoms with Crippen LogP contribution in [0.2, 0.25) is 5.02 Å². The van der Waals surface area contributed by atoms with Gasteiger partial charge in [-0.2, -0.15) is 5.10 Å². The number of nitrogens with zero attached hydrogens (tertiary/aromatic N) is 3.